The second kappa shape index (κ2) is 7.27. The number of carbonyl (C=O) groups excluding carboxylic acids is 1. The standard InChI is InChI=1S/C17H18ClFN2O/c1-12(2)21(11-13-6-4-3-5-7-13)17(22)20-14-8-9-16(19)15(18)10-14/h3-10,12H,11H2,1-2H3,(H,20,22). The molecule has 0 bridgehead atoms. The molecule has 3 nitrogen and oxygen atoms in total. The molecular weight excluding hydrogens is 303 g/mol. The van der Waals surface area contributed by atoms with Crippen molar-refractivity contribution in [1.82, 2.24) is 4.90 Å². The molecule has 0 saturated carbocycles. The van der Waals surface area contributed by atoms with Crippen molar-refractivity contribution in [3.8, 4) is 0 Å². The minimum Gasteiger partial charge on any atom is -0.318 e. The molecule has 0 atom stereocenters. The number of anilines is 1. The van der Waals surface area contributed by atoms with Gasteiger partial charge in [0.05, 0.1) is 5.02 Å². The molecule has 0 radical (unpaired) electrons. The quantitative estimate of drug-likeness (QED) is 0.852. The maximum atomic E-state index is 13.2. The largest absolute Gasteiger partial charge is 0.322 e. The van der Waals surface area contributed by atoms with Crippen LogP contribution in [0.5, 0.6) is 0 Å². The van der Waals surface area contributed by atoms with E-state index in [1.165, 1.54) is 18.2 Å². The summed E-state index contributed by atoms with van der Waals surface area (Å²) < 4.78 is 13.2. The molecule has 0 fully saturated rings. The molecule has 0 spiro atoms. The Morgan fingerprint density at radius 3 is 2.50 bits per heavy atom. The molecule has 22 heavy (non-hydrogen) atoms. The highest BCUT2D eigenvalue weighted by Gasteiger charge is 2.17. The van der Waals surface area contributed by atoms with Crippen molar-refractivity contribution >= 4 is 23.3 Å². The summed E-state index contributed by atoms with van der Waals surface area (Å²) in [6.07, 6.45) is 0. The SMILES string of the molecule is CC(C)N(Cc1ccccc1)C(=O)Nc1ccc(F)c(Cl)c1. The smallest absolute Gasteiger partial charge is 0.318 e. The van der Waals surface area contributed by atoms with Gasteiger partial charge in [0.1, 0.15) is 5.82 Å². The van der Waals surface area contributed by atoms with Crippen LogP contribution in [0.2, 0.25) is 5.02 Å². The Hall–Kier alpha value is -2.07. The third-order valence-electron chi connectivity index (χ3n) is 3.25. The topological polar surface area (TPSA) is 32.3 Å². The number of nitrogens with zero attached hydrogens (tertiary/aromatic N) is 1. The number of amides is 2. The van der Waals surface area contributed by atoms with Gasteiger partial charge in [0, 0.05) is 18.3 Å². The van der Waals surface area contributed by atoms with E-state index in [1.807, 2.05) is 44.2 Å². The van der Waals surface area contributed by atoms with Gasteiger partial charge in [-0.2, -0.15) is 0 Å². The van der Waals surface area contributed by atoms with Crippen LogP contribution in [0.4, 0.5) is 14.9 Å². The highest BCUT2D eigenvalue weighted by molar-refractivity contribution is 6.31. The van der Waals surface area contributed by atoms with Gasteiger partial charge >= 0.3 is 6.03 Å². The summed E-state index contributed by atoms with van der Waals surface area (Å²) >= 11 is 5.73. The summed E-state index contributed by atoms with van der Waals surface area (Å²) in [7, 11) is 0. The second-order valence-corrected chi connectivity index (χ2v) is 5.67. The fourth-order valence-corrected chi connectivity index (χ4v) is 2.22. The highest BCUT2D eigenvalue weighted by Crippen LogP contribution is 2.20. The number of hydrogen-bond acceptors (Lipinski definition) is 1. The molecule has 1 N–H and O–H groups in total. The van der Waals surface area contributed by atoms with E-state index < -0.39 is 5.82 Å². The maximum absolute atomic E-state index is 13.2. The van der Waals surface area contributed by atoms with Crippen LogP contribution in [0.3, 0.4) is 0 Å². The molecule has 2 aromatic carbocycles. The van der Waals surface area contributed by atoms with E-state index in [1.54, 1.807) is 4.90 Å². The maximum Gasteiger partial charge on any atom is 0.322 e. The van der Waals surface area contributed by atoms with Gasteiger partial charge in [-0.3, -0.25) is 0 Å². The number of hydrogen-bond donors (Lipinski definition) is 1. The summed E-state index contributed by atoms with van der Waals surface area (Å²) in [5.41, 5.74) is 1.51. The van der Waals surface area contributed by atoms with Crippen LogP contribution in [0.15, 0.2) is 48.5 Å². The molecule has 0 unspecified atom stereocenters. The Balaban J connectivity index is 2.11. The van der Waals surface area contributed by atoms with E-state index in [9.17, 15) is 9.18 Å². The van der Waals surface area contributed by atoms with Crippen molar-refractivity contribution in [3.05, 3.63) is 64.9 Å². The van der Waals surface area contributed by atoms with Gasteiger partial charge in [-0.1, -0.05) is 41.9 Å². The molecule has 0 heterocycles. The first-order valence-corrected chi connectivity index (χ1v) is 7.42. The Bertz CT molecular complexity index is 646. The monoisotopic (exact) mass is 320 g/mol. The molecule has 5 heteroatoms. The van der Waals surface area contributed by atoms with Crippen molar-refractivity contribution in [3.63, 3.8) is 0 Å². The Kier molecular flexibility index (Phi) is 5.39. The van der Waals surface area contributed by atoms with Crippen molar-refractivity contribution in [2.24, 2.45) is 0 Å². The Morgan fingerprint density at radius 1 is 1.23 bits per heavy atom. The predicted molar refractivity (Wildman–Crippen MR) is 87.5 cm³/mol. The van der Waals surface area contributed by atoms with Gasteiger partial charge in [0.2, 0.25) is 0 Å². The zero-order chi connectivity index (χ0) is 16.1. The third-order valence-corrected chi connectivity index (χ3v) is 3.54. The molecule has 0 aliphatic rings. The van der Waals surface area contributed by atoms with Crippen LogP contribution >= 0.6 is 11.6 Å². The highest BCUT2D eigenvalue weighted by atomic mass is 35.5. The van der Waals surface area contributed by atoms with Crippen molar-refractivity contribution in [1.29, 1.82) is 0 Å². The van der Waals surface area contributed by atoms with E-state index in [-0.39, 0.29) is 17.1 Å². The Morgan fingerprint density at radius 2 is 1.91 bits per heavy atom. The van der Waals surface area contributed by atoms with Crippen LogP contribution in [0.1, 0.15) is 19.4 Å². The van der Waals surface area contributed by atoms with Gasteiger partial charge in [-0.25, -0.2) is 9.18 Å². The average molecular weight is 321 g/mol. The number of halogens is 2. The summed E-state index contributed by atoms with van der Waals surface area (Å²) in [6, 6.07) is 13.6. The molecule has 116 valence electrons. The van der Waals surface area contributed by atoms with Gasteiger partial charge in [-0.05, 0) is 37.6 Å². The summed E-state index contributed by atoms with van der Waals surface area (Å²) in [5.74, 6) is -0.510. The third kappa shape index (κ3) is 4.21. The Labute approximate surface area is 134 Å². The predicted octanol–water partition coefficient (Wildman–Crippen LogP) is 4.92. The van der Waals surface area contributed by atoms with Crippen LogP contribution in [-0.2, 0) is 6.54 Å². The molecule has 0 aliphatic heterocycles. The number of urea groups is 1. The first-order valence-electron chi connectivity index (χ1n) is 7.04. The zero-order valence-corrected chi connectivity index (χ0v) is 13.3. The lowest BCUT2D eigenvalue weighted by Crippen LogP contribution is -2.39. The lowest BCUT2D eigenvalue weighted by Gasteiger charge is -2.27. The summed E-state index contributed by atoms with van der Waals surface area (Å²) in [6.45, 7) is 4.39. The summed E-state index contributed by atoms with van der Waals surface area (Å²) in [5, 5.41) is 2.73. The minimum atomic E-state index is -0.510. The fourth-order valence-electron chi connectivity index (χ4n) is 2.04. The number of benzene rings is 2. The van der Waals surface area contributed by atoms with E-state index in [4.69, 9.17) is 11.6 Å². The normalized spacial score (nSPS) is 10.6. The van der Waals surface area contributed by atoms with Crippen molar-refractivity contribution < 1.29 is 9.18 Å². The van der Waals surface area contributed by atoms with E-state index in [0.29, 0.717) is 12.2 Å². The van der Waals surface area contributed by atoms with Crippen molar-refractivity contribution in [2.45, 2.75) is 26.4 Å². The number of nitrogens with one attached hydrogen (secondary N) is 1. The van der Waals surface area contributed by atoms with Gasteiger partial charge in [-0.15, -0.1) is 0 Å². The first kappa shape index (κ1) is 16.3. The van der Waals surface area contributed by atoms with Crippen molar-refractivity contribution in [2.75, 3.05) is 5.32 Å². The lowest BCUT2D eigenvalue weighted by atomic mass is 10.2. The molecule has 2 rings (SSSR count). The number of rotatable bonds is 4. The second-order valence-electron chi connectivity index (χ2n) is 5.27. The van der Waals surface area contributed by atoms with E-state index >= 15 is 0 Å². The average Bonchev–Trinajstić information content (AvgIpc) is 2.49. The minimum absolute atomic E-state index is 0.0167. The lowest BCUT2D eigenvalue weighted by molar-refractivity contribution is 0.193. The van der Waals surface area contributed by atoms with Crippen LogP contribution < -0.4 is 5.32 Å². The van der Waals surface area contributed by atoms with E-state index in [0.717, 1.165) is 5.56 Å². The molecular formula is C17H18ClFN2O. The first-order chi connectivity index (χ1) is 10.5. The molecule has 0 saturated heterocycles. The van der Waals surface area contributed by atoms with Gasteiger partial charge in [0.15, 0.2) is 0 Å². The van der Waals surface area contributed by atoms with Crippen LogP contribution in [0, 0.1) is 5.82 Å². The molecule has 2 amide bonds. The van der Waals surface area contributed by atoms with Gasteiger partial charge in [0.25, 0.3) is 0 Å². The van der Waals surface area contributed by atoms with Crippen LogP contribution in [0.25, 0.3) is 0 Å². The summed E-state index contributed by atoms with van der Waals surface area (Å²) in [4.78, 5) is 14.1. The molecule has 0 aliphatic carbocycles. The number of carbonyl (C=O) groups is 1. The molecule has 2 aromatic rings. The van der Waals surface area contributed by atoms with E-state index in [2.05, 4.69) is 5.32 Å². The van der Waals surface area contributed by atoms with Gasteiger partial charge < -0.3 is 10.2 Å². The van der Waals surface area contributed by atoms with Crippen LogP contribution in [-0.4, -0.2) is 17.0 Å². The zero-order valence-electron chi connectivity index (χ0n) is 12.5. The fraction of sp³-hybridized carbons (Fsp3) is 0.235. The molecule has 0 aromatic heterocycles.